The number of hydrogen-bond acceptors (Lipinski definition) is 5. The van der Waals surface area contributed by atoms with Gasteiger partial charge in [0.1, 0.15) is 4.88 Å². The molecule has 16 heavy (non-hydrogen) atoms. The van der Waals surface area contributed by atoms with Crippen LogP contribution in [0.1, 0.15) is 35.1 Å². The predicted octanol–water partition coefficient (Wildman–Crippen LogP) is 0.697. The van der Waals surface area contributed by atoms with Crippen LogP contribution in [0.15, 0.2) is 0 Å². The molecule has 1 aromatic heterocycles. The summed E-state index contributed by atoms with van der Waals surface area (Å²) < 4.78 is 3.83. The summed E-state index contributed by atoms with van der Waals surface area (Å²) in [6, 6.07) is 0. The highest BCUT2D eigenvalue weighted by molar-refractivity contribution is 7.08. The van der Waals surface area contributed by atoms with Crippen molar-refractivity contribution in [1.82, 2.24) is 14.5 Å². The van der Waals surface area contributed by atoms with Crippen LogP contribution in [0.25, 0.3) is 0 Å². The van der Waals surface area contributed by atoms with Crippen molar-refractivity contribution in [3.8, 4) is 0 Å². The van der Waals surface area contributed by atoms with Gasteiger partial charge in [0.2, 0.25) is 0 Å². The van der Waals surface area contributed by atoms with Crippen LogP contribution in [0.5, 0.6) is 0 Å². The molecule has 1 aromatic rings. The number of β-amino-alcohol motifs (C(OH)–C–C–N with tert-alkyl or cyclic N) is 1. The second kappa shape index (κ2) is 4.88. The first-order valence-corrected chi connectivity index (χ1v) is 6.28. The molecule has 0 aliphatic carbocycles. The van der Waals surface area contributed by atoms with Gasteiger partial charge in [0.15, 0.2) is 0 Å². The highest BCUT2D eigenvalue weighted by Crippen LogP contribution is 2.18. The lowest BCUT2D eigenvalue weighted by Crippen LogP contribution is -2.29. The van der Waals surface area contributed by atoms with E-state index >= 15 is 0 Å². The summed E-state index contributed by atoms with van der Waals surface area (Å²) in [6.07, 6.45) is 2.03. The highest BCUT2D eigenvalue weighted by atomic mass is 32.1. The van der Waals surface area contributed by atoms with E-state index in [4.69, 9.17) is 0 Å². The Balaban J connectivity index is 2.11. The van der Waals surface area contributed by atoms with Gasteiger partial charge < -0.3 is 10.0 Å². The number of nitrogens with zero attached hydrogens (tertiary/aromatic N) is 3. The number of aliphatic hydroxyl groups excluding tert-OH is 1. The average Bonchev–Trinajstić information content (AvgIpc) is 2.87. The summed E-state index contributed by atoms with van der Waals surface area (Å²) in [4.78, 5) is 14.4. The number of rotatable bonds is 3. The maximum absolute atomic E-state index is 12.1. The number of hydrogen-bond donors (Lipinski definition) is 1. The fourth-order valence-electron chi connectivity index (χ4n) is 1.84. The number of amides is 1. The number of carbonyl (C=O) groups is 1. The van der Waals surface area contributed by atoms with Gasteiger partial charge in [0.25, 0.3) is 5.91 Å². The Morgan fingerprint density at radius 2 is 2.50 bits per heavy atom. The quantitative estimate of drug-likeness (QED) is 0.846. The molecular weight excluding hydrogens is 226 g/mol. The largest absolute Gasteiger partial charge is 0.391 e. The molecule has 2 heterocycles. The molecule has 1 N–H and O–H groups in total. The van der Waals surface area contributed by atoms with E-state index in [1.807, 2.05) is 6.92 Å². The Morgan fingerprint density at radius 3 is 3.12 bits per heavy atom. The molecule has 1 atom stereocenters. The van der Waals surface area contributed by atoms with E-state index in [-0.39, 0.29) is 12.0 Å². The zero-order valence-electron chi connectivity index (χ0n) is 9.22. The van der Waals surface area contributed by atoms with Gasteiger partial charge in [0, 0.05) is 13.1 Å². The molecule has 0 unspecified atom stereocenters. The fraction of sp³-hybridized carbons (Fsp3) is 0.700. The average molecular weight is 241 g/mol. The third-order valence-corrected chi connectivity index (χ3v) is 3.44. The normalized spacial score (nSPS) is 20.4. The van der Waals surface area contributed by atoms with Crippen molar-refractivity contribution in [1.29, 1.82) is 0 Å². The molecule has 6 heteroatoms. The SMILES string of the molecule is CCCc1nnsc1C(=O)N1CC[C@H](O)C1. The zero-order valence-corrected chi connectivity index (χ0v) is 10.0. The number of aliphatic hydroxyl groups is 1. The highest BCUT2D eigenvalue weighted by Gasteiger charge is 2.28. The Kier molecular flexibility index (Phi) is 3.50. The van der Waals surface area contributed by atoms with Gasteiger partial charge in [-0.15, -0.1) is 5.10 Å². The van der Waals surface area contributed by atoms with Gasteiger partial charge in [-0.2, -0.15) is 0 Å². The summed E-state index contributed by atoms with van der Waals surface area (Å²) in [6.45, 7) is 3.11. The van der Waals surface area contributed by atoms with Gasteiger partial charge in [-0.25, -0.2) is 0 Å². The smallest absolute Gasteiger partial charge is 0.267 e. The van der Waals surface area contributed by atoms with Gasteiger partial charge in [-0.1, -0.05) is 17.8 Å². The predicted molar refractivity (Wildman–Crippen MR) is 60.4 cm³/mol. The van der Waals surface area contributed by atoms with Crippen molar-refractivity contribution in [3.05, 3.63) is 10.6 Å². The molecule has 0 saturated carbocycles. The maximum atomic E-state index is 12.1. The lowest BCUT2D eigenvalue weighted by Gasteiger charge is -2.14. The maximum Gasteiger partial charge on any atom is 0.267 e. The topological polar surface area (TPSA) is 66.3 Å². The first-order valence-electron chi connectivity index (χ1n) is 5.51. The summed E-state index contributed by atoms with van der Waals surface area (Å²) >= 11 is 1.15. The molecule has 1 aliphatic heterocycles. The number of aromatic nitrogens is 2. The van der Waals surface area contributed by atoms with E-state index in [1.54, 1.807) is 4.90 Å². The number of carbonyl (C=O) groups excluding carboxylic acids is 1. The van der Waals surface area contributed by atoms with E-state index in [0.29, 0.717) is 24.4 Å². The molecule has 1 amide bonds. The molecule has 1 aliphatic rings. The minimum Gasteiger partial charge on any atom is -0.391 e. The minimum absolute atomic E-state index is 0.0324. The standard InChI is InChI=1S/C10H15N3O2S/c1-2-3-8-9(16-12-11-8)10(15)13-5-4-7(14)6-13/h7,14H,2-6H2,1H3/t7-/m0/s1. The van der Waals surface area contributed by atoms with Crippen LogP contribution in [-0.4, -0.2) is 44.7 Å². The van der Waals surface area contributed by atoms with Gasteiger partial charge in [-0.05, 0) is 24.4 Å². The Labute approximate surface area is 98.2 Å². The molecule has 0 spiro atoms. The lowest BCUT2D eigenvalue weighted by atomic mass is 10.2. The summed E-state index contributed by atoms with van der Waals surface area (Å²) in [7, 11) is 0. The second-order valence-corrected chi connectivity index (χ2v) is 4.75. The fourth-order valence-corrected chi connectivity index (χ4v) is 2.52. The first kappa shape index (κ1) is 11.5. The minimum atomic E-state index is -0.376. The molecule has 0 bridgehead atoms. The molecule has 0 radical (unpaired) electrons. The van der Waals surface area contributed by atoms with Gasteiger partial charge in [0.05, 0.1) is 11.8 Å². The van der Waals surface area contributed by atoms with Crippen molar-refractivity contribution in [2.75, 3.05) is 13.1 Å². The Bertz CT molecular complexity index is 380. The molecule has 1 saturated heterocycles. The molecule has 2 rings (SSSR count). The van der Waals surface area contributed by atoms with E-state index in [0.717, 1.165) is 30.1 Å². The molecule has 0 aromatic carbocycles. The lowest BCUT2D eigenvalue weighted by molar-refractivity contribution is 0.0768. The zero-order chi connectivity index (χ0) is 11.5. The third kappa shape index (κ3) is 2.22. The Morgan fingerprint density at radius 1 is 1.69 bits per heavy atom. The van der Waals surface area contributed by atoms with Crippen LogP contribution in [0.2, 0.25) is 0 Å². The van der Waals surface area contributed by atoms with Crippen LogP contribution >= 0.6 is 11.5 Å². The monoisotopic (exact) mass is 241 g/mol. The van der Waals surface area contributed by atoms with Crippen LogP contribution < -0.4 is 0 Å². The third-order valence-electron chi connectivity index (χ3n) is 2.69. The van der Waals surface area contributed by atoms with Crippen molar-refractivity contribution >= 4 is 17.4 Å². The second-order valence-electron chi connectivity index (χ2n) is 3.99. The van der Waals surface area contributed by atoms with Crippen LogP contribution in [0.4, 0.5) is 0 Å². The van der Waals surface area contributed by atoms with E-state index in [9.17, 15) is 9.90 Å². The summed E-state index contributed by atoms with van der Waals surface area (Å²) in [5.74, 6) is -0.0324. The number of aryl methyl sites for hydroxylation is 1. The van der Waals surface area contributed by atoms with Crippen molar-refractivity contribution in [3.63, 3.8) is 0 Å². The van der Waals surface area contributed by atoms with Crippen molar-refractivity contribution in [2.24, 2.45) is 0 Å². The van der Waals surface area contributed by atoms with E-state index < -0.39 is 0 Å². The summed E-state index contributed by atoms with van der Waals surface area (Å²) in [5.41, 5.74) is 0.791. The molecule has 1 fully saturated rings. The first-order chi connectivity index (χ1) is 7.72. The summed E-state index contributed by atoms with van der Waals surface area (Å²) in [5, 5.41) is 13.4. The van der Waals surface area contributed by atoms with Crippen LogP contribution in [0, 0.1) is 0 Å². The van der Waals surface area contributed by atoms with E-state index in [2.05, 4.69) is 9.59 Å². The van der Waals surface area contributed by atoms with Crippen molar-refractivity contribution < 1.29 is 9.90 Å². The molecule has 88 valence electrons. The van der Waals surface area contributed by atoms with Gasteiger partial charge >= 0.3 is 0 Å². The van der Waals surface area contributed by atoms with Crippen LogP contribution in [-0.2, 0) is 6.42 Å². The van der Waals surface area contributed by atoms with Crippen molar-refractivity contribution in [2.45, 2.75) is 32.3 Å². The van der Waals surface area contributed by atoms with E-state index in [1.165, 1.54) is 0 Å². The number of likely N-dealkylation sites (tertiary alicyclic amines) is 1. The van der Waals surface area contributed by atoms with Gasteiger partial charge in [-0.3, -0.25) is 4.79 Å². The molecule has 5 nitrogen and oxygen atoms in total. The molecular formula is C10H15N3O2S. The Hall–Kier alpha value is -1.01. The van der Waals surface area contributed by atoms with Crippen LogP contribution in [0.3, 0.4) is 0 Å².